The smallest absolute Gasteiger partial charge is 0.293 e. The van der Waals surface area contributed by atoms with Crippen molar-refractivity contribution in [1.82, 2.24) is 15.2 Å². The van der Waals surface area contributed by atoms with Crippen molar-refractivity contribution in [2.75, 3.05) is 6.54 Å². The highest BCUT2D eigenvalue weighted by atomic mass is 19.1. The highest BCUT2D eigenvalue weighted by molar-refractivity contribution is 5.92. The fourth-order valence-corrected chi connectivity index (χ4v) is 3.46. The number of rotatable bonds is 3. The van der Waals surface area contributed by atoms with E-state index in [0.717, 1.165) is 31.4 Å². The van der Waals surface area contributed by atoms with Gasteiger partial charge in [-0.1, -0.05) is 23.2 Å². The van der Waals surface area contributed by atoms with Crippen LogP contribution in [0.2, 0.25) is 0 Å². The third-order valence-electron chi connectivity index (χ3n) is 4.85. The Morgan fingerprint density at radius 2 is 1.93 bits per heavy atom. The van der Waals surface area contributed by atoms with Gasteiger partial charge in [0.25, 0.3) is 5.91 Å². The van der Waals surface area contributed by atoms with Gasteiger partial charge in [0.1, 0.15) is 11.5 Å². The van der Waals surface area contributed by atoms with E-state index in [1.807, 2.05) is 13.0 Å². The van der Waals surface area contributed by atoms with E-state index in [9.17, 15) is 9.18 Å². The summed E-state index contributed by atoms with van der Waals surface area (Å²) >= 11 is 0. The number of nitrogens with zero attached hydrogens (tertiary/aromatic N) is 3. The number of halogens is 1. The average Bonchev–Trinajstić information content (AvgIpc) is 3.25. The molecule has 3 aromatic rings. The molecular formula is C20H20FN3O3. The van der Waals surface area contributed by atoms with Crippen molar-refractivity contribution in [3.63, 3.8) is 0 Å². The summed E-state index contributed by atoms with van der Waals surface area (Å²) in [6.07, 6.45) is 3.82. The van der Waals surface area contributed by atoms with Crippen LogP contribution in [0.5, 0.6) is 0 Å². The second-order valence-corrected chi connectivity index (χ2v) is 6.82. The topological polar surface area (TPSA) is 72.4 Å². The van der Waals surface area contributed by atoms with E-state index < -0.39 is 0 Å². The molecule has 0 N–H and O–H groups in total. The van der Waals surface area contributed by atoms with E-state index >= 15 is 0 Å². The number of amides is 1. The van der Waals surface area contributed by atoms with E-state index in [0.29, 0.717) is 23.6 Å². The van der Waals surface area contributed by atoms with Crippen LogP contribution in [0.25, 0.3) is 11.3 Å². The Kier molecular flexibility index (Phi) is 4.75. The van der Waals surface area contributed by atoms with Gasteiger partial charge in [-0.05, 0) is 44.0 Å². The van der Waals surface area contributed by atoms with Crippen LogP contribution in [0.15, 0.2) is 45.4 Å². The second kappa shape index (κ2) is 7.34. The molecule has 1 aliphatic rings. The zero-order chi connectivity index (χ0) is 18.8. The molecule has 1 aliphatic heterocycles. The second-order valence-electron chi connectivity index (χ2n) is 6.82. The number of benzene rings is 1. The summed E-state index contributed by atoms with van der Waals surface area (Å²) in [5.41, 5.74) is 1.98. The van der Waals surface area contributed by atoms with Gasteiger partial charge in [0.15, 0.2) is 5.76 Å². The van der Waals surface area contributed by atoms with Crippen LogP contribution < -0.4 is 0 Å². The van der Waals surface area contributed by atoms with Crippen LogP contribution in [0, 0.1) is 12.7 Å². The maximum absolute atomic E-state index is 13.1. The third-order valence-corrected chi connectivity index (χ3v) is 4.85. The first-order chi connectivity index (χ1) is 13.1. The molecule has 0 saturated carbocycles. The van der Waals surface area contributed by atoms with E-state index in [4.69, 9.17) is 9.05 Å². The van der Waals surface area contributed by atoms with Crippen LogP contribution in [-0.4, -0.2) is 27.7 Å². The fourth-order valence-electron chi connectivity index (χ4n) is 3.46. The van der Waals surface area contributed by atoms with Crippen molar-refractivity contribution in [2.45, 2.75) is 38.6 Å². The maximum Gasteiger partial charge on any atom is 0.293 e. The Morgan fingerprint density at radius 1 is 1.11 bits per heavy atom. The molecule has 1 unspecified atom stereocenters. The van der Waals surface area contributed by atoms with E-state index in [1.165, 1.54) is 12.1 Å². The molecule has 6 nitrogen and oxygen atoms in total. The van der Waals surface area contributed by atoms with Gasteiger partial charge < -0.3 is 13.9 Å². The summed E-state index contributed by atoms with van der Waals surface area (Å²) in [6.45, 7) is 2.48. The lowest BCUT2D eigenvalue weighted by molar-refractivity contribution is 0.0609. The van der Waals surface area contributed by atoms with Crippen LogP contribution in [0.1, 0.15) is 53.7 Å². The van der Waals surface area contributed by atoms with Gasteiger partial charge in [-0.3, -0.25) is 4.79 Å². The van der Waals surface area contributed by atoms with Crippen molar-refractivity contribution < 1.29 is 18.2 Å². The minimum atomic E-state index is -0.326. The van der Waals surface area contributed by atoms with Crippen molar-refractivity contribution in [3.8, 4) is 11.3 Å². The number of carbonyl (C=O) groups excluding carboxylic acids is 1. The molecule has 1 fully saturated rings. The first kappa shape index (κ1) is 17.5. The number of aromatic nitrogens is 2. The highest BCUT2D eigenvalue weighted by Gasteiger charge is 2.32. The largest absolute Gasteiger partial charge is 0.359 e. The summed E-state index contributed by atoms with van der Waals surface area (Å²) in [4.78, 5) is 14.9. The van der Waals surface area contributed by atoms with Gasteiger partial charge in [0.05, 0.1) is 11.7 Å². The lowest BCUT2D eigenvalue weighted by atomic mass is 10.1. The van der Waals surface area contributed by atoms with Gasteiger partial charge in [-0.2, -0.15) is 0 Å². The standard InChI is InChI=1S/C20H20FN3O3/c1-13-11-18(26-22-13)17-5-3-2-4-10-24(17)20(25)19-12-16(23-27-19)14-6-8-15(21)9-7-14/h6-9,11-12,17H,2-5,10H2,1H3. The summed E-state index contributed by atoms with van der Waals surface area (Å²) < 4.78 is 23.9. The zero-order valence-corrected chi connectivity index (χ0v) is 15.0. The molecule has 1 amide bonds. The van der Waals surface area contributed by atoms with Gasteiger partial charge in [0.2, 0.25) is 5.76 Å². The molecule has 140 valence electrons. The normalized spacial score (nSPS) is 17.7. The van der Waals surface area contributed by atoms with Gasteiger partial charge in [-0.15, -0.1) is 0 Å². The molecule has 1 saturated heterocycles. The predicted octanol–water partition coefficient (Wildman–Crippen LogP) is 4.53. The molecule has 27 heavy (non-hydrogen) atoms. The maximum atomic E-state index is 13.1. The Morgan fingerprint density at radius 3 is 2.67 bits per heavy atom. The lowest BCUT2D eigenvalue weighted by Gasteiger charge is -2.27. The minimum absolute atomic E-state index is 0.164. The third kappa shape index (κ3) is 3.63. The molecule has 1 atom stereocenters. The SMILES string of the molecule is Cc1cc(C2CCCCCN2C(=O)c2cc(-c3ccc(F)cc3)no2)on1. The number of likely N-dealkylation sites (tertiary alicyclic amines) is 1. The number of aryl methyl sites for hydroxylation is 1. The minimum Gasteiger partial charge on any atom is -0.359 e. The molecule has 3 heterocycles. The molecular weight excluding hydrogens is 349 g/mol. The molecule has 0 spiro atoms. The first-order valence-electron chi connectivity index (χ1n) is 9.08. The summed E-state index contributed by atoms with van der Waals surface area (Å²) in [6, 6.07) is 9.22. The van der Waals surface area contributed by atoms with E-state index in [1.54, 1.807) is 23.1 Å². The number of carbonyl (C=O) groups is 1. The van der Waals surface area contributed by atoms with E-state index in [2.05, 4.69) is 10.3 Å². The van der Waals surface area contributed by atoms with Gasteiger partial charge in [-0.25, -0.2) is 4.39 Å². The van der Waals surface area contributed by atoms with Gasteiger partial charge in [0, 0.05) is 24.2 Å². The number of hydrogen-bond acceptors (Lipinski definition) is 5. The number of hydrogen-bond donors (Lipinski definition) is 0. The monoisotopic (exact) mass is 369 g/mol. The molecule has 4 rings (SSSR count). The fraction of sp³-hybridized carbons (Fsp3) is 0.350. The molecule has 2 aromatic heterocycles. The van der Waals surface area contributed by atoms with Crippen molar-refractivity contribution in [2.24, 2.45) is 0 Å². The predicted molar refractivity (Wildman–Crippen MR) is 95.4 cm³/mol. The van der Waals surface area contributed by atoms with Crippen LogP contribution in [0.3, 0.4) is 0 Å². The molecule has 1 aromatic carbocycles. The Hall–Kier alpha value is -2.96. The Bertz CT molecular complexity index is 932. The van der Waals surface area contributed by atoms with Crippen LogP contribution >= 0.6 is 0 Å². The van der Waals surface area contributed by atoms with Crippen molar-refractivity contribution in [1.29, 1.82) is 0 Å². The van der Waals surface area contributed by atoms with Gasteiger partial charge >= 0.3 is 0 Å². The molecule has 0 bridgehead atoms. The summed E-state index contributed by atoms with van der Waals surface area (Å²) in [5, 5.41) is 7.94. The zero-order valence-electron chi connectivity index (χ0n) is 15.0. The van der Waals surface area contributed by atoms with Crippen LogP contribution in [0.4, 0.5) is 4.39 Å². The molecule has 0 radical (unpaired) electrons. The molecule has 7 heteroatoms. The molecule has 0 aliphatic carbocycles. The Balaban J connectivity index is 1.60. The summed E-state index contributed by atoms with van der Waals surface area (Å²) in [7, 11) is 0. The van der Waals surface area contributed by atoms with Crippen molar-refractivity contribution >= 4 is 5.91 Å². The quantitative estimate of drug-likeness (QED) is 0.678. The lowest BCUT2D eigenvalue weighted by Crippen LogP contribution is -2.34. The first-order valence-corrected chi connectivity index (χ1v) is 9.08. The van der Waals surface area contributed by atoms with Crippen LogP contribution in [-0.2, 0) is 0 Å². The average molecular weight is 369 g/mol. The summed E-state index contributed by atoms with van der Waals surface area (Å²) in [5.74, 6) is 0.309. The van der Waals surface area contributed by atoms with Crippen molar-refractivity contribution in [3.05, 3.63) is 59.4 Å². The highest BCUT2D eigenvalue weighted by Crippen LogP contribution is 2.32. The Labute approximate surface area is 155 Å². The van der Waals surface area contributed by atoms with E-state index in [-0.39, 0.29) is 23.5 Å².